The standard InChI is InChI=1S/C21H21FN2O2S/c1-15-5-3-4-6-17(15)14-23-19-8-10-20(11-9-19)24-27(25,26)21-12-7-18(22)13-16(21)2/h3-13,23-24H,14H2,1-2H3. The Morgan fingerprint density at radius 1 is 0.852 bits per heavy atom. The third-order valence-electron chi connectivity index (χ3n) is 4.31. The van der Waals surface area contributed by atoms with Gasteiger partial charge in [-0.1, -0.05) is 24.3 Å². The van der Waals surface area contributed by atoms with Crippen molar-refractivity contribution in [3.63, 3.8) is 0 Å². The van der Waals surface area contributed by atoms with Crippen LogP contribution >= 0.6 is 0 Å². The molecule has 0 saturated heterocycles. The quantitative estimate of drug-likeness (QED) is 0.638. The molecule has 0 aliphatic rings. The second-order valence-electron chi connectivity index (χ2n) is 6.37. The van der Waals surface area contributed by atoms with Crippen LogP contribution in [0.15, 0.2) is 71.6 Å². The van der Waals surface area contributed by atoms with E-state index >= 15 is 0 Å². The van der Waals surface area contributed by atoms with Gasteiger partial charge in [0.1, 0.15) is 5.82 Å². The summed E-state index contributed by atoms with van der Waals surface area (Å²) in [6.07, 6.45) is 0. The first kappa shape index (κ1) is 18.9. The van der Waals surface area contributed by atoms with Gasteiger partial charge in [-0.3, -0.25) is 4.72 Å². The van der Waals surface area contributed by atoms with Crippen molar-refractivity contribution in [3.05, 3.63) is 89.2 Å². The maximum atomic E-state index is 13.2. The van der Waals surface area contributed by atoms with Crippen molar-refractivity contribution >= 4 is 21.4 Å². The highest BCUT2D eigenvalue weighted by Crippen LogP contribution is 2.22. The van der Waals surface area contributed by atoms with Crippen LogP contribution in [0, 0.1) is 19.7 Å². The molecule has 0 radical (unpaired) electrons. The Hall–Kier alpha value is -2.86. The van der Waals surface area contributed by atoms with Crippen LogP contribution in [0.5, 0.6) is 0 Å². The van der Waals surface area contributed by atoms with E-state index < -0.39 is 15.8 Å². The third kappa shape index (κ3) is 4.65. The number of nitrogens with one attached hydrogen (secondary N) is 2. The summed E-state index contributed by atoms with van der Waals surface area (Å²) in [6, 6.07) is 18.7. The zero-order valence-corrected chi connectivity index (χ0v) is 16.0. The van der Waals surface area contributed by atoms with Gasteiger partial charge in [0.25, 0.3) is 10.0 Å². The minimum Gasteiger partial charge on any atom is -0.381 e. The molecule has 0 fully saturated rings. The minimum absolute atomic E-state index is 0.0608. The van der Waals surface area contributed by atoms with Crippen LogP contribution in [0.2, 0.25) is 0 Å². The predicted octanol–water partition coefficient (Wildman–Crippen LogP) is 4.86. The molecule has 0 unspecified atom stereocenters. The molecule has 0 aliphatic heterocycles. The summed E-state index contributed by atoms with van der Waals surface area (Å²) in [6.45, 7) is 4.31. The predicted molar refractivity (Wildman–Crippen MR) is 107 cm³/mol. The molecule has 6 heteroatoms. The molecule has 0 atom stereocenters. The third-order valence-corrected chi connectivity index (χ3v) is 5.85. The van der Waals surface area contributed by atoms with Crippen molar-refractivity contribution in [1.82, 2.24) is 0 Å². The summed E-state index contributed by atoms with van der Waals surface area (Å²) in [7, 11) is -3.77. The second kappa shape index (κ2) is 7.80. The highest BCUT2D eigenvalue weighted by Gasteiger charge is 2.17. The molecule has 3 aromatic carbocycles. The van der Waals surface area contributed by atoms with E-state index in [9.17, 15) is 12.8 Å². The van der Waals surface area contributed by atoms with E-state index in [2.05, 4.69) is 29.1 Å². The largest absolute Gasteiger partial charge is 0.381 e. The maximum Gasteiger partial charge on any atom is 0.262 e. The van der Waals surface area contributed by atoms with Gasteiger partial charge >= 0.3 is 0 Å². The van der Waals surface area contributed by atoms with E-state index in [0.29, 0.717) is 17.8 Å². The number of sulfonamides is 1. The molecule has 0 spiro atoms. The SMILES string of the molecule is Cc1ccccc1CNc1ccc(NS(=O)(=O)c2ccc(F)cc2C)cc1. The van der Waals surface area contributed by atoms with Crippen LogP contribution < -0.4 is 10.0 Å². The van der Waals surface area contributed by atoms with Crippen LogP contribution in [0.4, 0.5) is 15.8 Å². The number of halogens is 1. The molecule has 27 heavy (non-hydrogen) atoms. The molecule has 0 bridgehead atoms. The molecule has 4 nitrogen and oxygen atoms in total. The van der Waals surface area contributed by atoms with E-state index in [1.165, 1.54) is 23.3 Å². The lowest BCUT2D eigenvalue weighted by atomic mass is 10.1. The molecule has 3 aromatic rings. The topological polar surface area (TPSA) is 58.2 Å². The van der Waals surface area contributed by atoms with Gasteiger partial charge in [0.2, 0.25) is 0 Å². The zero-order chi connectivity index (χ0) is 19.4. The molecule has 140 valence electrons. The van der Waals surface area contributed by atoms with Crippen molar-refractivity contribution < 1.29 is 12.8 Å². The Morgan fingerprint density at radius 2 is 1.52 bits per heavy atom. The van der Waals surface area contributed by atoms with Gasteiger partial charge in [0.05, 0.1) is 4.90 Å². The van der Waals surface area contributed by atoms with E-state index in [0.717, 1.165) is 11.8 Å². The van der Waals surface area contributed by atoms with Crippen molar-refractivity contribution in [2.45, 2.75) is 25.3 Å². The Kier molecular flexibility index (Phi) is 5.46. The molecule has 0 aliphatic carbocycles. The average Bonchev–Trinajstić information content (AvgIpc) is 2.61. The molecular formula is C21H21FN2O2S. The monoisotopic (exact) mass is 384 g/mol. The zero-order valence-electron chi connectivity index (χ0n) is 15.2. The summed E-state index contributed by atoms with van der Waals surface area (Å²) in [5.41, 5.74) is 4.11. The first-order valence-electron chi connectivity index (χ1n) is 8.52. The van der Waals surface area contributed by atoms with Crippen molar-refractivity contribution in [1.29, 1.82) is 0 Å². The summed E-state index contributed by atoms with van der Waals surface area (Å²) in [4.78, 5) is 0.0608. The van der Waals surface area contributed by atoms with E-state index in [1.54, 1.807) is 19.1 Å². The van der Waals surface area contributed by atoms with Gasteiger partial charge in [0, 0.05) is 17.9 Å². The Labute approximate surface area is 159 Å². The number of hydrogen-bond donors (Lipinski definition) is 2. The lowest BCUT2D eigenvalue weighted by Gasteiger charge is -2.12. The first-order valence-corrected chi connectivity index (χ1v) is 10.0. The maximum absolute atomic E-state index is 13.2. The van der Waals surface area contributed by atoms with Crippen LogP contribution in [-0.2, 0) is 16.6 Å². The number of hydrogen-bond acceptors (Lipinski definition) is 3. The van der Waals surface area contributed by atoms with Gasteiger partial charge in [-0.2, -0.15) is 0 Å². The molecule has 0 saturated carbocycles. The van der Waals surface area contributed by atoms with Crippen LogP contribution in [0.25, 0.3) is 0 Å². The number of benzene rings is 3. The molecule has 0 heterocycles. The first-order chi connectivity index (χ1) is 12.8. The second-order valence-corrected chi connectivity index (χ2v) is 8.02. The number of aryl methyl sites for hydroxylation is 2. The van der Waals surface area contributed by atoms with Gasteiger partial charge in [-0.25, -0.2) is 12.8 Å². The van der Waals surface area contributed by atoms with Gasteiger partial charge in [-0.15, -0.1) is 0 Å². The van der Waals surface area contributed by atoms with E-state index in [4.69, 9.17) is 0 Å². The Balaban J connectivity index is 1.69. The molecule has 3 rings (SSSR count). The minimum atomic E-state index is -3.77. The van der Waals surface area contributed by atoms with Crippen molar-refractivity contribution in [2.24, 2.45) is 0 Å². The van der Waals surface area contributed by atoms with Gasteiger partial charge < -0.3 is 5.32 Å². The lowest BCUT2D eigenvalue weighted by Crippen LogP contribution is -2.14. The summed E-state index contributed by atoms with van der Waals surface area (Å²) in [5, 5.41) is 3.32. The van der Waals surface area contributed by atoms with Crippen molar-refractivity contribution in [2.75, 3.05) is 10.0 Å². The smallest absolute Gasteiger partial charge is 0.262 e. The van der Waals surface area contributed by atoms with E-state index in [-0.39, 0.29) is 4.90 Å². The Bertz CT molecular complexity index is 1050. The molecule has 2 N–H and O–H groups in total. The number of anilines is 2. The van der Waals surface area contributed by atoms with Crippen molar-refractivity contribution in [3.8, 4) is 0 Å². The fourth-order valence-electron chi connectivity index (χ4n) is 2.79. The lowest BCUT2D eigenvalue weighted by molar-refractivity contribution is 0.598. The fraction of sp³-hybridized carbons (Fsp3) is 0.143. The molecular weight excluding hydrogens is 363 g/mol. The average molecular weight is 384 g/mol. The van der Waals surface area contributed by atoms with Crippen LogP contribution in [-0.4, -0.2) is 8.42 Å². The highest BCUT2D eigenvalue weighted by atomic mass is 32.2. The van der Waals surface area contributed by atoms with Crippen LogP contribution in [0.3, 0.4) is 0 Å². The molecule has 0 aromatic heterocycles. The highest BCUT2D eigenvalue weighted by molar-refractivity contribution is 7.92. The van der Waals surface area contributed by atoms with E-state index in [1.807, 2.05) is 24.3 Å². The number of rotatable bonds is 6. The fourth-order valence-corrected chi connectivity index (χ4v) is 4.07. The summed E-state index contributed by atoms with van der Waals surface area (Å²) < 4.78 is 40.8. The normalized spacial score (nSPS) is 11.2. The summed E-state index contributed by atoms with van der Waals surface area (Å²) in [5.74, 6) is -0.462. The Morgan fingerprint density at radius 3 is 2.19 bits per heavy atom. The van der Waals surface area contributed by atoms with Crippen LogP contribution in [0.1, 0.15) is 16.7 Å². The molecule has 0 amide bonds. The van der Waals surface area contributed by atoms with Gasteiger partial charge in [0.15, 0.2) is 0 Å². The summed E-state index contributed by atoms with van der Waals surface area (Å²) >= 11 is 0. The van der Waals surface area contributed by atoms with Gasteiger partial charge in [-0.05, 0) is 73.0 Å².